The highest BCUT2D eigenvalue weighted by Gasteiger charge is 2.41. The summed E-state index contributed by atoms with van der Waals surface area (Å²) in [5.41, 5.74) is -0.448. The number of amides is 1. The highest BCUT2D eigenvalue weighted by Crippen LogP contribution is 2.38. The molecule has 0 unspecified atom stereocenters. The third-order valence-corrected chi connectivity index (χ3v) is 6.32. The Morgan fingerprint density at radius 3 is 2.48 bits per heavy atom. The van der Waals surface area contributed by atoms with E-state index in [4.69, 9.17) is 11.6 Å². The quantitative estimate of drug-likeness (QED) is 0.782. The van der Waals surface area contributed by atoms with E-state index in [9.17, 15) is 18.5 Å². The maximum atomic E-state index is 12.6. The molecular weight excluding hydrogens is 386 g/mol. The molecule has 3 rings (SSSR count). The number of carbonyl (C=O) groups is 1. The van der Waals surface area contributed by atoms with E-state index in [2.05, 4.69) is 16.1 Å². The van der Waals surface area contributed by atoms with Crippen LogP contribution < -0.4 is 10.0 Å². The van der Waals surface area contributed by atoms with Crippen molar-refractivity contribution < 1.29 is 13.2 Å². The molecule has 0 spiro atoms. The van der Waals surface area contributed by atoms with Crippen molar-refractivity contribution in [2.75, 3.05) is 10.0 Å². The van der Waals surface area contributed by atoms with E-state index in [0.717, 1.165) is 12.8 Å². The van der Waals surface area contributed by atoms with Crippen LogP contribution in [0.25, 0.3) is 0 Å². The van der Waals surface area contributed by atoms with E-state index in [0.29, 0.717) is 18.5 Å². The maximum Gasteiger partial charge on any atom is 0.262 e. The molecule has 8 heteroatoms. The molecule has 6 nitrogen and oxygen atoms in total. The summed E-state index contributed by atoms with van der Waals surface area (Å²) < 4.78 is 27.7. The minimum Gasteiger partial charge on any atom is -0.325 e. The lowest BCUT2D eigenvalue weighted by atomic mass is 9.87. The van der Waals surface area contributed by atoms with Crippen molar-refractivity contribution in [3.63, 3.8) is 0 Å². The smallest absolute Gasteiger partial charge is 0.262 e. The number of halogens is 1. The zero-order chi connectivity index (χ0) is 19.5. The lowest BCUT2D eigenvalue weighted by Crippen LogP contribution is -2.32. The molecule has 0 saturated heterocycles. The van der Waals surface area contributed by atoms with Crippen LogP contribution in [0.3, 0.4) is 0 Å². The largest absolute Gasteiger partial charge is 0.325 e. The predicted molar refractivity (Wildman–Crippen MR) is 104 cm³/mol. The molecule has 2 aromatic carbocycles. The second-order valence-corrected chi connectivity index (χ2v) is 8.56. The van der Waals surface area contributed by atoms with Crippen molar-refractivity contribution in [2.24, 2.45) is 5.41 Å². The van der Waals surface area contributed by atoms with Gasteiger partial charge in [-0.3, -0.25) is 9.52 Å². The molecule has 0 heterocycles. The molecule has 0 atom stereocenters. The average Bonchev–Trinajstić information content (AvgIpc) is 3.14. The Balaban J connectivity index is 1.82. The Bertz CT molecular complexity index is 1010. The molecule has 0 aromatic heterocycles. The highest BCUT2D eigenvalue weighted by atomic mass is 35.5. The SMILES string of the molecule is N#CC1(C(=O)Nc2cccc(S(=O)(=O)Nc3ccccc3Cl)c2)CCCC1. The van der Waals surface area contributed by atoms with E-state index in [1.165, 1.54) is 18.2 Å². The molecule has 1 aliphatic carbocycles. The van der Waals surface area contributed by atoms with Crippen LogP contribution in [0.15, 0.2) is 53.4 Å². The maximum absolute atomic E-state index is 12.6. The van der Waals surface area contributed by atoms with Gasteiger partial charge in [-0.2, -0.15) is 5.26 Å². The zero-order valence-corrected chi connectivity index (χ0v) is 16.0. The van der Waals surface area contributed by atoms with Crippen molar-refractivity contribution in [1.29, 1.82) is 5.26 Å². The van der Waals surface area contributed by atoms with E-state index in [-0.39, 0.29) is 15.6 Å². The number of carbonyl (C=O) groups excluding carboxylic acids is 1. The van der Waals surface area contributed by atoms with Crippen LogP contribution in [0, 0.1) is 16.7 Å². The summed E-state index contributed by atoms with van der Waals surface area (Å²) in [6.07, 6.45) is 2.69. The Morgan fingerprint density at radius 2 is 1.81 bits per heavy atom. The van der Waals surface area contributed by atoms with E-state index < -0.39 is 21.3 Å². The predicted octanol–water partition coefficient (Wildman–Crippen LogP) is 4.16. The number of nitrogens with zero attached hydrogens (tertiary/aromatic N) is 1. The number of nitriles is 1. The first-order valence-corrected chi connectivity index (χ1v) is 10.3. The first kappa shape index (κ1) is 19.2. The Kier molecular flexibility index (Phi) is 5.40. The number of benzene rings is 2. The Hall–Kier alpha value is -2.56. The molecule has 0 bridgehead atoms. The summed E-state index contributed by atoms with van der Waals surface area (Å²) in [5.74, 6) is -0.392. The summed E-state index contributed by atoms with van der Waals surface area (Å²) >= 11 is 6.01. The van der Waals surface area contributed by atoms with Gasteiger partial charge in [-0.05, 0) is 43.2 Å². The van der Waals surface area contributed by atoms with Gasteiger partial charge in [0.2, 0.25) is 5.91 Å². The van der Waals surface area contributed by atoms with Crippen LogP contribution in [0.1, 0.15) is 25.7 Å². The van der Waals surface area contributed by atoms with E-state index in [1.807, 2.05) is 0 Å². The molecule has 0 aliphatic heterocycles. The fourth-order valence-electron chi connectivity index (χ4n) is 3.11. The third kappa shape index (κ3) is 4.07. The lowest BCUT2D eigenvalue weighted by molar-refractivity contribution is -0.122. The monoisotopic (exact) mass is 403 g/mol. The standard InChI is InChI=1S/C19H18ClN3O3S/c20-16-8-1-2-9-17(16)23-27(25,26)15-7-5-6-14(12-15)22-18(24)19(13-21)10-3-4-11-19/h1-2,5-9,12,23H,3-4,10-11H2,(H,22,24). The summed E-state index contributed by atoms with van der Waals surface area (Å²) in [5, 5.41) is 12.4. The average molecular weight is 404 g/mol. The number of hydrogen-bond acceptors (Lipinski definition) is 4. The van der Waals surface area contributed by atoms with Crippen LogP contribution in [0.4, 0.5) is 11.4 Å². The molecule has 1 saturated carbocycles. The molecule has 1 aliphatic rings. The van der Waals surface area contributed by atoms with Crippen molar-refractivity contribution in [3.05, 3.63) is 53.6 Å². The molecule has 2 aromatic rings. The van der Waals surface area contributed by atoms with Crippen LogP contribution >= 0.6 is 11.6 Å². The van der Waals surface area contributed by atoms with Gasteiger partial charge < -0.3 is 5.32 Å². The van der Waals surface area contributed by atoms with Gasteiger partial charge in [0.15, 0.2) is 0 Å². The molecule has 27 heavy (non-hydrogen) atoms. The Morgan fingerprint density at radius 1 is 1.11 bits per heavy atom. The van der Waals surface area contributed by atoms with Crippen LogP contribution in [0.5, 0.6) is 0 Å². The number of hydrogen-bond donors (Lipinski definition) is 2. The summed E-state index contributed by atoms with van der Waals surface area (Å²) in [6, 6.07) is 14.5. The zero-order valence-electron chi connectivity index (χ0n) is 14.4. The number of nitrogens with one attached hydrogen (secondary N) is 2. The molecule has 2 N–H and O–H groups in total. The second-order valence-electron chi connectivity index (χ2n) is 6.47. The minimum absolute atomic E-state index is 0.0161. The van der Waals surface area contributed by atoms with Gasteiger partial charge in [-0.1, -0.05) is 42.6 Å². The van der Waals surface area contributed by atoms with Gasteiger partial charge in [-0.25, -0.2) is 8.42 Å². The van der Waals surface area contributed by atoms with Crippen LogP contribution in [-0.4, -0.2) is 14.3 Å². The van der Waals surface area contributed by atoms with Crippen LogP contribution in [-0.2, 0) is 14.8 Å². The Labute approximate surface area is 163 Å². The summed E-state index contributed by atoms with van der Waals surface area (Å²) in [7, 11) is -3.88. The fraction of sp³-hybridized carbons (Fsp3) is 0.263. The number of sulfonamides is 1. The van der Waals surface area contributed by atoms with Gasteiger partial charge in [0, 0.05) is 5.69 Å². The van der Waals surface area contributed by atoms with Crippen molar-refractivity contribution in [2.45, 2.75) is 30.6 Å². The highest BCUT2D eigenvalue weighted by molar-refractivity contribution is 7.92. The van der Waals surface area contributed by atoms with E-state index >= 15 is 0 Å². The lowest BCUT2D eigenvalue weighted by Gasteiger charge is -2.19. The summed E-state index contributed by atoms with van der Waals surface area (Å²) in [4.78, 5) is 12.5. The van der Waals surface area contributed by atoms with Crippen molar-refractivity contribution in [3.8, 4) is 6.07 Å². The second kappa shape index (κ2) is 7.59. The molecule has 1 fully saturated rings. The number of para-hydroxylation sites is 1. The fourth-order valence-corrected chi connectivity index (χ4v) is 4.47. The normalized spacial score (nSPS) is 15.7. The van der Waals surface area contributed by atoms with Gasteiger partial charge in [0.05, 0.1) is 21.7 Å². The topological polar surface area (TPSA) is 99.1 Å². The van der Waals surface area contributed by atoms with E-state index in [1.54, 1.807) is 30.3 Å². The van der Waals surface area contributed by atoms with Gasteiger partial charge in [0.25, 0.3) is 10.0 Å². The van der Waals surface area contributed by atoms with Crippen LogP contribution in [0.2, 0.25) is 5.02 Å². The first-order valence-electron chi connectivity index (χ1n) is 8.46. The van der Waals surface area contributed by atoms with Crippen molar-refractivity contribution in [1.82, 2.24) is 0 Å². The number of rotatable bonds is 5. The van der Waals surface area contributed by atoms with Crippen molar-refractivity contribution >= 4 is 38.9 Å². The molecule has 0 radical (unpaired) electrons. The third-order valence-electron chi connectivity index (χ3n) is 4.63. The molecule has 1 amide bonds. The van der Waals surface area contributed by atoms with Gasteiger partial charge >= 0.3 is 0 Å². The minimum atomic E-state index is -3.88. The summed E-state index contributed by atoms with van der Waals surface area (Å²) in [6.45, 7) is 0. The first-order chi connectivity index (χ1) is 12.9. The molecular formula is C19H18ClN3O3S. The van der Waals surface area contributed by atoms with Gasteiger partial charge in [-0.15, -0.1) is 0 Å². The van der Waals surface area contributed by atoms with Gasteiger partial charge in [0.1, 0.15) is 5.41 Å². The number of anilines is 2. The molecule has 140 valence electrons.